The van der Waals surface area contributed by atoms with Crippen LogP contribution in [0.2, 0.25) is 0 Å². The quantitative estimate of drug-likeness (QED) is 0.781. The molecular weight excluding hydrogens is 312 g/mol. The Morgan fingerprint density at radius 2 is 1.57 bits per heavy atom. The molecule has 4 nitrogen and oxygen atoms in total. The molecule has 2 amide bonds. The summed E-state index contributed by atoms with van der Waals surface area (Å²) in [7, 11) is 0. The zero-order valence-corrected chi connectivity index (χ0v) is 14.1. The topological polar surface area (TPSA) is 40.6 Å². The molecule has 1 aromatic carbocycles. The first-order valence-electron chi connectivity index (χ1n) is 8.45. The first kappa shape index (κ1) is 16.5. The Labute approximate surface area is 143 Å². The van der Waals surface area contributed by atoms with Gasteiger partial charge in [0, 0.05) is 12.6 Å². The van der Waals surface area contributed by atoms with Crippen LogP contribution in [-0.4, -0.2) is 47.3 Å². The molecule has 2 atom stereocenters. The van der Waals surface area contributed by atoms with Gasteiger partial charge >= 0.3 is 0 Å². The summed E-state index contributed by atoms with van der Waals surface area (Å²) in [6.45, 7) is 2.96. The molecule has 2 saturated heterocycles. The number of carbonyl (C=O) groups excluding carboxylic acids is 2. The van der Waals surface area contributed by atoms with Crippen LogP contribution in [0.15, 0.2) is 24.3 Å². The smallest absolute Gasteiger partial charge is 0.261 e. The molecule has 0 spiro atoms. The number of piperidine rings is 2. The van der Waals surface area contributed by atoms with Crippen molar-refractivity contribution in [2.24, 2.45) is 5.92 Å². The molecule has 0 aromatic heterocycles. The van der Waals surface area contributed by atoms with E-state index in [9.17, 15) is 9.59 Å². The molecule has 124 valence electrons. The predicted molar refractivity (Wildman–Crippen MR) is 91.0 cm³/mol. The number of hydrogen-bond acceptors (Lipinski definition) is 3. The van der Waals surface area contributed by atoms with E-state index < -0.39 is 0 Å². The maximum absolute atomic E-state index is 12.5. The lowest BCUT2D eigenvalue weighted by atomic mass is 9.83. The Bertz CT molecular complexity index is 582. The zero-order chi connectivity index (χ0) is 15.1. The van der Waals surface area contributed by atoms with Crippen molar-refractivity contribution in [1.82, 2.24) is 9.80 Å². The number of nitrogens with zero attached hydrogens (tertiary/aromatic N) is 2. The van der Waals surface area contributed by atoms with Crippen molar-refractivity contribution in [1.29, 1.82) is 0 Å². The van der Waals surface area contributed by atoms with Crippen LogP contribution in [0.4, 0.5) is 0 Å². The van der Waals surface area contributed by atoms with Gasteiger partial charge in [0.05, 0.1) is 11.1 Å². The molecule has 0 N–H and O–H groups in total. The predicted octanol–water partition coefficient (Wildman–Crippen LogP) is 2.97. The highest BCUT2D eigenvalue weighted by atomic mass is 35.5. The number of rotatable bonds is 2. The van der Waals surface area contributed by atoms with Gasteiger partial charge in [0.2, 0.25) is 0 Å². The highest BCUT2D eigenvalue weighted by Gasteiger charge is 2.40. The molecule has 2 unspecified atom stereocenters. The molecule has 5 heteroatoms. The second-order valence-corrected chi connectivity index (χ2v) is 6.77. The van der Waals surface area contributed by atoms with Crippen molar-refractivity contribution in [3.05, 3.63) is 35.4 Å². The highest BCUT2D eigenvalue weighted by Crippen LogP contribution is 2.33. The first-order chi connectivity index (χ1) is 10.8. The summed E-state index contributed by atoms with van der Waals surface area (Å²) >= 11 is 0. The summed E-state index contributed by atoms with van der Waals surface area (Å²) in [5.74, 6) is 0.235. The molecule has 3 aliphatic rings. The molecular formula is C18H23ClN2O2. The van der Waals surface area contributed by atoms with Gasteiger partial charge in [-0.15, -0.1) is 12.4 Å². The monoisotopic (exact) mass is 334 g/mol. The van der Waals surface area contributed by atoms with Crippen LogP contribution >= 0.6 is 12.4 Å². The molecule has 23 heavy (non-hydrogen) atoms. The number of benzene rings is 1. The highest BCUT2D eigenvalue weighted by molar-refractivity contribution is 6.21. The number of halogens is 1. The standard InChI is InChI=1S/C18H22N2O2.ClH/c21-17-14-7-1-2-8-15(14)18(22)20(17)12-13-6-5-11-19-10-4-3-9-16(13)19;/h1-2,7-8,13,16H,3-6,9-12H2;1H. The maximum Gasteiger partial charge on any atom is 0.261 e. The van der Waals surface area contributed by atoms with Crippen LogP contribution < -0.4 is 0 Å². The molecule has 1 aromatic rings. The van der Waals surface area contributed by atoms with Gasteiger partial charge < -0.3 is 4.90 Å². The van der Waals surface area contributed by atoms with E-state index in [4.69, 9.17) is 0 Å². The normalized spacial score (nSPS) is 27.4. The van der Waals surface area contributed by atoms with Gasteiger partial charge in [0.25, 0.3) is 11.8 Å². The van der Waals surface area contributed by atoms with Crippen LogP contribution in [-0.2, 0) is 0 Å². The summed E-state index contributed by atoms with van der Waals surface area (Å²) in [6, 6.07) is 7.76. The van der Waals surface area contributed by atoms with Crippen molar-refractivity contribution in [2.45, 2.75) is 38.1 Å². The van der Waals surface area contributed by atoms with Gasteiger partial charge in [-0.25, -0.2) is 0 Å². The molecule has 0 saturated carbocycles. The van der Waals surface area contributed by atoms with Crippen molar-refractivity contribution < 1.29 is 9.59 Å². The van der Waals surface area contributed by atoms with Gasteiger partial charge in [-0.05, 0) is 56.8 Å². The molecule has 2 fully saturated rings. The van der Waals surface area contributed by atoms with E-state index in [0.29, 0.717) is 29.6 Å². The van der Waals surface area contributed by atoms with Gasteiger partial charge in [0.15, 0.2) is 0 Å². The Balaban J connectivity index is 0.00000156. The molecule has 4 rings (SSSR count). The van der Waals surface area contributed by atoms with Gasteiger partial charge in [-0.1, -0.05) is 18.6 Å². The van der Waals surface area contributed by atoms with Gasteiger partial charge in [-0.3, -0.25) is 14.5 Å². The van der Waals surface area contributed by atoms with Crippen LogP contribution in [0.25, 0.3) is 0 Å². The van der Waals surface area contributed by atoms with Crippen LogP contribution in [0, 0.1) is 5.92 Å². The SMILES string of the molecule is Cl.O=C1c2ccccc2C(=O)N1CC1CCCN2CCCCC12. The largest absolute Gasteiger partial charge is 0.300 e. The van der Waals surface area contributed by atoms with Crippen molar-refractivity contribution in [3.8, 4) is 0 Å². The van der Waals surface area contributed by atoms with Gasteiger partial charge in [0.1, 0.15) is 0 Å². The molecule has 0 bridgehead atoms. The van der Waals surface area contributed by atoms with E-state index in [1.807, 2.05) is 12.1 Å². The van der Waals surface area contributed by atoms with Crippen LogP contribution in [0.5, 0.6) is 0 Å². The average Bonchev–Trinajstić information content (AvgIpc) is 2.81. The zero-order valence-electron chi connectivity index (χ0n) is 13.2. The summed E-state index contributed by atoms with van der Waals surface area (Å²) < 4.78 is 0. The fraction of sp³-hybridized carbons (Fsp3) is 0.556. The minimum atomic E-state index is -0.103. The third-order valence-electron chi connectivity index (χ3n) is 5.52. The Morgan fingerprint density at radius 1 is 0.913 bits per heavy atom. The molecule has 0 aliphatic carbocycles. The lowest BCUT2D eigenvalue weighted by molar-refractivity contribution is 0.0353. The van der Waals surface area contributed by atoms with Crippen molar-refractivity contribution in [2.75, 3.05) is 19.6 Å². The summed E-state index contributed by atoms with van der Waals surface area (Å²) in [5.41, 5.74) is 1.15. The second-order valence-electron chi connectivity index (χ2n) is 6.77. The number of imide groups is 1. The van der Waals surface area contributed by atoms with E-state index in [1.165, 1.54) is 43.7 Å². The number of hydrogen-bond donors (Lipinski definition) is 0. The third-order valence-corrected chi connectivity index (χ3v) is 5.52. The summed E-state index contributed by atoms with van der Waals surface area (Å²) in [6.07, 6.45) is 6.10. The maximum atomic E-state index is 12.5. The first-order valence-corrected chi connectivity index (χ1v) is 8.45. The van der Waals surface area contributed by atoms with Gasteiger partial charge in [-0.2, -0.15) is 0 Å². The Hall–Kier alpha value is -1.39. The average molecular weight is 335 g/mol. The molecule has 3 aliphatic heterocycles. The minimum Gasteiger partial charge on any atom is -0.300 e. The van der Waals surface area contributed by atoms with Crippen molar-refractivity contribution >= 4 is 24.2 Å². The summed E-state index contributed by atoms with van der Waals surface area (Å²) in [5, 5.41) is 0. The fourth-order valence-electron chi connectivity index (χ4n) is 4.43. The molecule has 0 radical (unpaired) electrons. The third kappa shape index (κ3) is 2.79. The fourth-order valence-corrected chi connectivity index (χ4v) is 4.43. The lowest BCUT2D eigenvalue weighted by Crippen LogP contribution is -2.51. The van der Waals surface area contributed by atoms with E-state index in [-0.39, 0.29) is 24.2 Å². The Morgan fingerprint density at radius 3 is 2.26 bits per heavy atom. The van der Waals surface area contributed by atoms with E-state index in [1.54, 1.807) is 12.1 Å². The van der Waals surface area contributed by atoms with Crippen LogP contribution in [0.1, 0.15) is 52.8 Å². The lowest BCUT2D eigenvalue weighted by Gasteiger charge is -2.45. The number of carbonyl (C=O) groups is 2. The molecule has 3 heterocycles. The summed E-state index contributed by atoms with van der Waals surface area (Å²) in [4.78, 5) is 29.1. The number of fused-ring (bicyclic) bond motifs is 2. The minimum absolute atomic E-state index is 0. The van der Waals surface area contributed by atoms with E-state index in [2.05, 4.69) is 4.90 Å². The Kier molecular flexibility index (Phi) is 4.74. The van der Waals surface area contributed by atoms with E-state index in [0.717, 1.165) is 6.42 Å². The van der Waals surface area contributed by atoms with E-state index >= 15 is 0 Å². The van der Waals surface area contributed by atoms with Crippen LogP contribution in [0.3, 0.4) is 0 Å². The number of amides is 2. The second kappa shape index (κ2) is 6.62. The van der Waals surface area contributed by atoms with Crippen molar-refractivity contribution in [3.63, 3.8) is 0 Å².